The molecule has 0 heterocycles. The average Bonchev–Trinajstić information content (AvgIpc) is 2.60. The van der Waals surface area contributed by atoms with Crippen LogP contribution in [0.4, 0.5) is 5.69 Å². The molecule has 1 unspecified atom stereocenters. The van der Waals surface area contributed by atoms with Gasteiger partial charge in [-0.1, -0.05) is 23.7 Å². The third kappa shape index (κ3) is 5.02. The van der Waals surface area contributed by atoms with Crippen LogP contribution in [0, 0.1) is 10.1 Å². The predicted molar refractivity (Wildman–Crippen MR) is 92.0 cm³/mol. The SMILES string of the molecule is CC(NC(=O)COc1ccc([N+](=O)[O-])cc1C=O)c1ccc(Cl)cc1. The van der Waals surface area contributed by atoms with Crippen molar-refractivity contribution in [1.29, 1.82) is 0 Å². The molecule has 7 nitrogen and oxygen atoms in total. The molecule has 0 radical (unpaired) electrons. The Hall–Kier alpha value is -2.93. The number of ether oxygens (including phenoxy) is 1. The van der Waals surface area contributed by atoms with Crippen molar-refractivity contribution in [2.45, 2.75) is 13.0 Å². The van der Waals surface area contributed by atoms with Crippen LogP contribution in [0.1, 0.15) is 28.9 Å². The second kappa shape index (κ2) is 8.25. The van der Waals surface area contributed by atoms with E-state index >= 15 is 0 Å². The van der Waals surface area contributed by atoms with Crippen molar-refractivity contribution in [3.05, 3.63) is 68.7 Å². The third-order valence-corrected chi connectivity index (χ3v) is 3.69. The number of nitro groups is 1. The lowest BCUT2D eigenvalue weighted by molar-refractivity contribution is -0.384. The molecule has 0 saturated carbocycles. The Kier molecular flexibility index (Phi) is 6.08. The quantitative estimate of drug-likeness (QED) is 0.463. The second-order valence-electron chi connectivity index (χ2n) is 5.23. The lowest BCUT2D eigenvalue weighted by Gasteiger charge is -2.15. The molecule has 0 spiro atoms. The van der Waals surface area contributed by atoms with Crippen molar-refractivity contribution in [2.24, 2.45) is 0 Å². The Morgan fingerprint density at radius 3 is 2.60 bits per heavy atom. The molecule has 0 aliphatic carbocycles. The number of nitro benzene ring substituents is 1. The predicted octanol–water partition coefficient (Wildman–Crippen LogP) is 3.32. The molecule has 2 rings (SSSR count). The highest BCUT2D eigenvalue weighted by molar-refractivity contribution is 6.30. The minimum absolute atomic E-state index is 0.00718. The van der Waals surface area contributed by atoms with Gasteiger partial charge in [-0.2, -0.15) is 0 Å². The summed E-state index contributed by atoms with van der Waals surface area (Å²) < 4.78 is 5.29. The molecular formula is C17H15ClN2O5. The van der Waals surface area contributed by atoms with E-state index in [-0.39, 0.29) is 29.6 Å². The second-order valence-corrected chi connectivity index (χ2v) is 5.66. The van der Waals surface area contributed by atoms with E-state index in [1.54, 1.807) is 24.3 Å². The largest absolute Gasteiger partial charge is 0.483 e. The number of aldehydes is 1. The van der Waals surface area contributed by atoms with Gasteiger partial charge in [-0.3, -0.25) is 19.7 Å². The molecule has 0 aliphatic rings. The summed E-state index contributed by atoms with van der Waals surface area (Å²) in [6.45, 7) is 1.49. The van der Waals surface area contributed by atoms with Gasteiger partial charge in [-0.15, -0.1) is 0 Å². The van der Waals surface area contributed by atoms with Gasteiger partial charge in [0.25, 0.3) is 11.6 Å². The molecule has 0 bridgehead atoms. The van der Waals surface area contributed by atoms with Gasteiger partial charge in [-0.05, 0) is 30.7 Å². The Labute approximate surface area is 148 Å². The molecule has 25 heavy (non-hydrogen) atoms. The zero-order chi connectivity index (χ0) is 18.4. The number of rotatable bonds is 7. The van der Waals surface area contributed by atoms with E-state index in [9.17, 15) is 19.7 Å². The highest BCUT2D eigenvalue weighted by Crippen LogP contribution is 2.23. The van der Waals surface area contributed by atoms with Gasteiger partial charge in [0.2, 0.25) is 0 Å². The number of non-ortho nitro benzene ring substituents is 1. The number of hydrogen-bond acceptors (Lipinski definition) is 5. The van der Waals surface area contributed by atoms with Crippen LogP contribution in [0.15, 0.2) is 42.5 Å². The van der Waals surface area contributed by atoms with E-state index in [4.69, 9.17) is 16.3 Å². The van der Waals surface area contributed by atoms with E-state index in [2.05, 4.69) is 5.32 Å². The van der Waals surface area contributed by atoms with Crippen molar-refractivity contribution in [3.8, 4) is 5.75 Å². The van der Waals surface area contributed by atoms with Crippen LogP contribution in [0.5, 0.6) is 5.75 Å². The zero-order valence-electron chi connectivity index (χ0n) is 13.3. The number of nitrogens with one attached hydrogen (secondary N) is 1. The number of nitrogens with zero attached hydrogens (tertiary/aromatic N) is 1. The maximum absolute atomic E-state index is 12.0. The van der Waals surface area contributed by atoms with Crippen molar-refractivity contribution in [1.82, 2.24) is 5.32 Å². The van der Waals surface area contributed by atoms with Crippen LogP contribution in [0.2, 0.25) is 5.02 Å². The van der Waals surface area contributed by atoms with E-state index in [0.29, 0.717) is 11.3 Å². The Morgan fingerprint density at radius 1 is 1.32 bits per heavy atom. The van der Waals surface area contributed by atoms with Crippen LogP contribution in [0.25, 0.3) is 0 Å². The first-order valence-corrected chi connectivity index (χ1v) is 7.69. The standard InChI is InChI=1S/C17H15ClN2O5/c1-11(12-2-4-14(18)5-3-12)19-17(22)10-25-16-7-6-15(20(23)24)8-13(16)9-21/h2-9,11H,10H2,1H3,(H,19,22). The van der Waals surface area contributed by atoms with E-state index < -0.39 is 10.8 Å². The van der Waals surface area contributed by atoms with Crippen LogP contribution in [-0.2, 0) is 4.79 Å². The molecule has 0 aliphatic heterocycles. The Bertz CT molecular complexity index is 792. The van der Waals surface area contributed by atoms with Gasteiger partial charge in [0.15, 0.2) is 12.9 Å². The number of benzene rings is 2. The summed E-state index contributed by atoms with van der Waals surface area (Å²) in [5.74, 6) is -0.285. The molecule has 2 aromatic rings. The molecule has 130 valence electrons. The van der Waals surface area contributed by atoms with Gasteiger partial charge < -0.3 is 10.1 Å². The maximum Gasteiger partial charge on any atom is 0.270 e. The summed E-state index contributed by atoms with van der Waals surface area (Å²) in [5, 5.41) is 14.1. The lowest BCUT2D eigenvalue weighted by atomic mass is 10.1. The van der Waals surface area contributed by atoms with Gasteiger partial charge in [0.1, 0.15) is 5.75 Å². The smallest absolute Gasteiger partial charge is 0.270 e. The molecular weight excluding hydrogens is 348 g/mol. The topological polar surface area (TPSA) is 98.5 Å². The van der Waals surface area contributed by atoms with Crippen molar-refractivity contribution < 1.29 is 19.2 Å². The number of hydrogen-bond donors (Lipinski definition) is 1. The first-order chi connectivity index (χ1) is 11.9. The highest BCUT2D eigenvalue weighted by Gasteiger charge is 2.14. The fourth-order valence-electron chi connectivity index (χ4n) is 2.13. The number of carbonyl (C=O) groups excluding carboxylic acids is 2. The summed E-state index contributed by atoms with van der Waals surface area (Å²) in [7, 11) is 0. The monoisotopic (exact) mass is 362 g/mol. The lowest BCUT2D eigenvalue weighted by Crippen LogP contribution is -2.31. The van der Waals surface area contributed by atoms with Crippen molar-refractivity contribution >= 4 is 29.5 Å². The van der Waals surface area contributed by atoms with Crippen LogP contribution in [0.3, 0.4) is 0 Å². The summed E-state index contributed by atoms with van der Waals surface area (Å²) in [4.78, 5) is 33.1. The van der Waals surface area contributed by atoms with Gasteiger partial charge in [0, 0.05) is 17.2 Å². The van der Waals surface area contributed by atoms with Crippen LogP contribution >= 0.6 is 11.6 Å². The third-order valence-electron chi connectivity index (χ3n) is 3.44. The fraction of sp³-hybridized carbons (Fsp3) is 0.176. The van der Waals surface area contributed by atoms with Crippen molar-refractivity contribution in [2.75, 3.05) is 6.61 Å². The Morgan fingerprint density at radius 2 is 2.00 bits per heavy atom. The Balaban J connectivity index is 1.96. The minimum Gasteiger partial charge on any atom is -0.483 e. The maximum atomic E-state index is 12.0. The first kappa shape index (κ1) is 18.4. The molecule has 1 amide bonds. The zero-order valence-corrected chi connectivity index (χ0v) is 14.0. The highest BCUT2D eigenvalue weighted by atomic mass is 35.5. The summed E-state index contributed by atoms with van der Waals surface area (Å²) in [6.07, 6.45) is 0.441. The van der Waals surface area contributed by atoms with Crippen LogP contribution < -0.4 is 10.1 Å². The fourth-order valence-corrected chi connectivity index (χ4v) is 2.26. The van der Waals surface area contributed by atoms with E-state index in [1.807, 2.05) is 6.92 Å². The number of carbonyl (C=O) groups is 2. The number of halogens is 1. The van der Waals surface area contributed by atoms with Gasteiger partial charge in [-0.25, -0.2) is 0 Å². The molecule has 0 aromatic heterocycles. The molecule has 1 atom stereocenters. The van der Waals surface area contributed by atoms with Crippen LogP contribution in [-0.4, -0.2) is 23.7 Å². The molecule has 1 N–H and O–H groups in total. The normalized spacial score (nSPS) is 11.4. The first-order valence-electron chi connectivity index (χ1n) is 7.32. The summed E-state index contributed by atoms with van der Waals surface area (Å²) in [6, 6.07) is 10.4. The molecule has 8 heteroatoms. The van der Waals surface area contributed by atoms with Gasteiger partial charge in [0.05, 0.1) is 16.5 Å². The van der Waals surface area contributed by atoms with E-state index in [1.165, 1.54) is 12.1 Å². The van der Waals surface area contributed by atoms with Gasteiger partial charge >= 0.3 is 0 Å². The summed E-state index contributed by atoms with van der Waals surface area (Å²) in [5.41, 5.74) is 0.657. The number of amides is 1. The van der Waals surface area contributed by atoms with E-state index in [0.717, 1.165) is 11.6 Å². The average molecular weight is 363 g/mol. The molecule has 0 saturated heterocycles. The van der Waals surface area contributed by atoms with Crippen molar-refractivity contribution in [3.63, 3.8) is 0 Å². The summed E-state index contributed by atoms with van der Waals surface area (Å²) >= 11 is 5.82. The molecule has 0 fully saturated rings. The minimum atomic E-state index is -0.614. The molecule has 2 aromatic carbocycles.